The second-order valence-electron chi connectivity index (χ2n) is 8.76. The van der Waals surface area contributed by atoms with Crippen molar-refractivity contribution in [2.24, 2.45) is 5.92 Å². The van der Waals surface area contributed by atoms with E-state index in [1.807, 2.05) is 0 Å². The number of hydrogen-bond donors (Lipinski definition) is 2. The zero-order valence-corrected chi connectivity index (χ0v) is 15.0. The van der Waals surface area contributed by atoms with Crippen molar-refractivity contribution in [3.05, 3.63) is 35.4 Å². The van der Waals surface area contributed by atoms with Crippen molar-refractivity contribution in [1.29, 1.82) is 0 Å². The normalized spacial score (nSPS) is 27.9. The molecule has 2 amide bonds. The number of fused-ring (bicyclic) bond motifs is 2. The number of carbonyl (C=O) groups is 1. The number of urea groups is 1. The first-order valence-corrected chi connectivity index (χ1v) is 10.1. The van der Waals surface area contributed by atoms with Crippen molar-refractivity contribution in [1.82, 2.24) is 15.5 Å². The van der Waals surface area contributed by atoms with Crippen molar-refractivity contribution in [2.45, 2.75) is 62.4 Å². The van der Waals surface area contributed by atoms with Gasteiger partial charge in [0.2, 0.25) is 0 Å². The highest BCUT2D eigenvalue weighted by molar-refractivity contribution is 5.75. The van der Waals surface area contributed by atoms with Gasteiger partial charge in [0.05, 0.1) is 6.04 Å². The molecular weight excluding hydrogens is 310 g/mol. The summed E-state index contributed by atoms with van der Waals surface area (Å²) in [6, 6.07) is 9.43. The van der Waals surface area contributed by atoms with Crippen LogP contribution in [0.5, 0.6) is 0 Å². The minimum absolute atomic E-state index is 0.0190. The number of piperidine rings is 1. The molecule has 4 nitrogen and oxygen atoms in total. The summed E-state index contributed by atoms with van der Waals surface area (Å²) in [6.07, 6.45) is 8.68. The van der Waals surface area contributed by atoms with Crippen LogP contribution in [-0.2, 0) is 5.41 Å². The molecule has 3 fully saturated rings. The lowest BCUT2D eigenvalue weighted by molar-refractivity contribution is 0.148. The molecule has 25 heavy (non-hydrogen) atoms. The first kappa shape index (κ1) is 15.7. The van der Waals surface area contributed by atoms with Crippen LogP contribution in [-0.4, -0.2) is 36.6 Å². The second kappa shape index (κ2) is 6.01. The molecule has 0 aromatic heterocycles. The van der Waals surface area contributed by atoms with E-state index in [9.17, 15) is 4.79 Å². The molecule has 134 valence electrons. The van der Waals surface area contributed by atoms with Crippen molar-refractivity contribution in [2.75, 3.05) is 19.6 Å². The average Bonchev–Trinajstić information content (AvgIpc) is 3.54. The maximum Gasteiger partial charge on any atom is 0.315 e. The van der Waals surface area contributed by atoms with Crippen LogP contribution in [0.4, 0.5) is 4.79 Å². The molecule has 5 rings (SSSR count). The molecule has 2 saturated carbocycles. The number of hydrogen-bond acceptors (Lipinski definition) is 2. The SMILES string of the molecule is O=C(NC1CC1)NC1CC2(CCN(CC3CC3)CC2)c2ccccc21. The Labute approximate surface area is 150 Å². The fraction of sp³-hybridized carbons (Fsp3) is 0.667. The second-order valence-corrected chi connectivity index (χ2v) is 8.76. The highest BCUT2D eigenvalue weighted by atomic mass is 16.2. The van der Waals surface area contributed by atoms with Crippen molar-refractivity contribution < 1.29 is 4.79 Å². The molecule has 2 N–H and O–H groups in total. The molecule has 4 aliphatic rings. The van der Waals surface area contributed by atoms with Crippen LogP contribution < -0.4 is 10.6 Å². The largest absolute Gasteiger partial charge is 0.335 e. The van der Waals surface area contributed by atoms with Crippen molar-refractivity contribution in [3.8, 4) is 0 Å². The molecule has 0 radical (unpaired) electrons. The predicted octanol–water partition coefficient (Wildman–Crippen LogP) is 3.34. The van der Waals surface area contributed by atoms with E-state index in [4.69, 9.17) is 0 Å². The predicted molar refractivity (Wildman–Crippen MR) is 98.6 cm³/mol. The Morgan fingerprint density at radius 3 is 2.56 bits per heavy atom. The number of rotatable bonds is 4. The average molecular weight is 339 g/mol. The Balaban J connectivity index is 1.30. The summed E-state index contributed by atoms with van der Waals surface area (Å²) in [5.41, 5.74) is 3.12. The van der Waals surface area contributed by atoms with Crippen molar-refractivity contribution in [3.63, 3.8) is 0 Å². The molecule has 1 spiro atoms. The number of benzene rings is 1. The van der Waals surface area contributed by atoms with Gasteiger partial charge in [-0.25, -0.2) is 4.79 Å². The van der Waals surface area contributed by atoms with E-state index in [0.29, 0.717) is 6.04 Å². The summed E-state index contributed by atoms with van der Waals surface area (Å²) in [6.45, 7) is 3.74. The molecule has 4 heteroatoms. The van der Waals surface area contributed by atoms with E-state index >= 15 is 0 Å². The highest BCUT2D eigenvalue weighted by Gasteiger charge is 2.46. The molecule has 1 unspecified atom stereocenters. The Morgan fingerprint density at radius 1 is 1.08 bits per heavy atom. The van der Waals surface area contributed by atoms with Gasteiger partial charge < -0.3 is 15.5 Å². The quantitative estimate of drug-likeness (QED) is 0.884. The first-order valence-electron chi connectivity index (χ1n) is 10.1. The highest BCUT2D eigenvalue weighted by Crippen LogP contribution is 2.51. The fourth-order valence-corrected chi connectivity index (χ4v) is 4.94. The monoisotopic (exact) mass is 339 g/mol. The van der Waals surface area contributed by atoms with Gasteiger partial charge >= 0.3 is 6.03 Å². The van der Waals surface area contributed by atoms with Gasteiger partial charge in [0.1, 0.15) is 0 Å². The molecule has 1 aliphatic heterocycles. The Kier molecular flexibility index (Phi) is 3.77. The lowest BCUT2D eigenvalue weighted by Gasteiger charge is -2.40. The van der Waals surface area contributed by atoms with E-state index in [1.165, 1.54) is 56.4 Å². The minimum atomic E-state index is 0.0190. The number of carbonyl (C=O) groups excluding carboxylic acids is 1. The summed E-state index contributed by atoms with van der Waals surface area (Å²) in [4.78, 5) is 15.0. The first-order chi connectivity index (χ1) is 12.2. The molecule has 1 aromatic rings. The van der Waals surface area contributed by atoms with Crippen LogP contribution in [0.1, 0.15) is 62.1 Å². The topological polar surface area (TPSA) is 44.4 Å². The van der Waals surface area contributed by atoms with Gasteiger partial charge in [-0.2, -0.15) is 0 Å². The number of nitrogens with one attached hydrogen (secondary N) is 2. The van der Waals surface area contributed by atoms with E-state index in [0.717, 1.165) is 25.2 Å². The smallest absolute Gasteiger partial charge is 0.315 e. The summed E-state index contributed by atoms with van der Waals surface area (Å²) < 4.78 is 0. The molecule has 1 saturated heterocycles. The van der Waals surface area contributed by atoms with Crippen LogP contribution >= 0.6 is 0 Å². The molecular formula is C21H29N3O. The van der Waals surface area contributed by atoms with Crippen LogP contribution in [0.25, 0.3) is 0 Å². The maximum absolute atomic E-state index is 12.3. The van der Waals surface area contributed by atoms with Gasteiger partial charge in [-0.1, -0.05) is 24.3 Å². The zero-order valence-electron chi connectivity index (χ0n) is 15.0. The lowest BCUT2D eigenvalue weighted by Crippen LogP contribution is -2.43. The fourth-order valence-electron chi connectivity index (χ4n) is 4.94. The van der Waals surface area contributed by atoms with Gasteiger partial charge in [-0.3, -0.25) is 0 Å². The Morgan fingerprint density at radius 2 is 1.84 bits per heavy atom. The number of amides is 2. The van der Waals surface area contributed by atoms with Crippen LogP contribution in [0.15, 0.2) is 24.3 Å². The summed E-state index contributed by atoms with van der Waals surface area (Å²) >= 11 is 0. The van der Waals surface area contributed by atoms with Gasteiger partial charge in [0.15, 0.2) is 0 Å². The van der Waals surface area contributed by atoms with Gasteiger partial charge in [-0.15, -0.1) is 0 Å². The summed E-state index contributed by atoms with van der Waals surface area (Å²) in [5.74, 6) is 0.977. The van der Waals surface area contributed by atoms with Crippen LogP contribution in [0, 0.1) is 5.92 Å². The Hall–Kier alpha value is -1.55. The number of nitrogens with zero attached hydrogens (tertiary/aromatic N) is 1. The molecule has 3 aliphatic carbocycles. The number of likely N-dealkylation sites (tertiary alicyclic amines) is 1. The van der Waals surface area contributed by atoms with E-state index in [-0.39, 0.29) is 17.5 Å². The lowest BCUT2D eigenvalue weighted by atomic mass is 9.73. The third-order valence-corrected chi connectivity index (χ3v) is 6.75. The van der Waals surface area contributed by atoms with Crippen molar-refractivity contribution >= 4 is 6.03 Å². The molecule has 0 bridgehead atoms. The zero-order chi connectivity index (χ0) is 16.9. The van der Waals surface area contributed by atoms with Gasteiger partial charge in [0, 0.05) is 18.0 Å². The third-order valence-electron chi connectivity index (χ3n) is 6.75. The van der Waals surface area contributed by atoms with Crippen LogP contribution in [0.3, 0.4) is 0 Å². The molecule has 1 aromatic carbocycles. The Bertz CT molecular complexity index is 657. The third kappa shape index (κ3) is 3.17. The summed E-state index contributed by atoms with van der Waals surface area (Å²) in [7, 11) is 0. The van der Waals surface area contributed by atoms with E-state index in [1.54, 1.807) is 0 Å². The molecule has 1 heterocycles. The summed E-state index contributed by atoms with van der Waals surface area (Å²) in [5, 5.41) is 6.35. The van der Waals surface area contributed by atoms with Gasteiger partial charge in [0.25, 0.3) is 0 Å². The minimum Gasteiger partial charge on any atom is -0.335 e. The van der Waals surface area contributed by atoms with E-state index in [2.05, 4.69) is 39.8 Å². The molecule has 1 atom stereocenters. The standard InChI is InChI=1S/C21H29N3O/c25-20(22-16-7-8-16)23-19-13-21(18-4-2-1-3-17(18)19)9-11-24(12-10-21)14-15-5-6-15/h1-4,15-16,19H,5-14H2,(H2,22,23,25). The van der Waals surface area contributed by atoms with E-state index < -0.39 is 0 Å². The maximum atomic E-state index is 12.3. The van der Waals surface area contributed by atoms with Gasteiger partial charge in [-0.05, 0) is 75.1 Å². The van der Waals surface area contributed by atoms with Crippen LogP contribution in [0.2, 0.25) is 0 Å².